The predicted octanol–water partition coefficient (Wildman–Crippen LogP) is 2.35. The van der Waals surface area contributed by atoms with E-state index in [9.17, 15) is 14.9 Å². The number of hydrogen-bond donors (Lipinski definition) is 3. The summed E-state index contributed by atoms with van der Waals surface area (Å²) in [5, 5.41) is 23.4. The molecule has 23 heavy (non-hydrogen) atoms. The molecule has 2 fully saturated rings. The highest BCUT2D eigenvalue weighted by Crippen LogP contribution is 2.60. The van der Waals surface area contributed by atoms with Gasteiger partial charge >= 0.3 is 13.1 Å². The van der Waals surface area contributed by atoms with Crippen molar-refractivity contribution in [3.05, 3.63) is 23.3 Å². The van der Waals surface area contributed by atoms with E-state index in [2.05, 4.69) is 12.2 Å². The SMILES string of the molecule is CC(Sc1ccc2c(c1C(=O)O)OB(O)C1CC21)C1CCCN1. The minimum atomic E-state index is -0.984. The van der Waals surface area contributed by atoms with Crippen LogP contribution in [0.3, 0.4) is 0 Å². The fourth-order valence-electron chi connectivity index (χ4n) is 3.79. The molecule has 0 bridgehead atoms. The number of thioether (sulfide) groups is 1. The maximum Gasteiger partial charge on any atom is 0.526 e. The molecule has 1 saturated heterocycles. The smallest absolute Gasteiger partial charge is 0.526 e. The van der Waals surface area contributed by atoms with Crippen molar-refractivity contribution in [3.63, 3.8) is 0 Å². The number of carboxylic acids is 1. The van der Waals surface area contributed by atoms with Crippen molar-refractivity contribution in [1.82, 2.24) is 5.32 Å². The number of carboxylic acid groups (broad SMARTS) is 1. The molecule has 0 radical (unpaired) electrons. The molecule has 4 rings (SSSR count). The monoisotopic (exact) mass is 333 g/mol. The number of aromatic carboxylic acids is 1. The average Bonchev–Trinajstić information content (AvgIpc) is 3.13. The molecule has 2 heterocycles. The van der Waals surface area contributed by atoms with Crippen molar-refractivity contribution < 1.29 is 19.6 Å². The summed E-state index contributed by atoms with van der Waals surface area (Å²) < 4.78 is 5.57. The molecule has 1 aromatic carbocycles. The van der Waals surface area contributed by atoms with Crippen LogP contribution < -0.4 is 9.97 Å². The van der Waals surface area contributed by atoms with Gasteiger partial charge in [0.1, 0.15) is 11.3 Å². The van der Waals surface area contributed by atoms with Gasteiger partial charge in [0, 0.05) is 22.0 Å². The first-order chi connectivity index (χ1) is 11.1. The molecule has 1 aromatic rings. The molecule has 122 valence electrons. The molecular formula is C16H20BNO4S. The van der Waals surface area contributed by atoms with Crippen molar-refractivity contribution in [2.24, 2.45) is 0 Å². The first-order valence-electron chi connectivity index (χ1n) is 8.21. The van der Waals surface area contributed by atoms with Gasteiger partial charge < -0.3 is 20.1 Å². The van der Waals surface area contributed by atoms with E-state index < -0.39 is 13.1 Å². The minimum absolute atomic E-state index is 0.129. The third-order valence-electron chi connectivity index (χ3n) is 5.19. The lowest BCUT2D eigenvalue weighted by molar-refractivity contribution is 0.0690. The van der Waals surface area contributed by atoms with E-state index in [1.54, 1.807) is 11.8 Å². The summed E-state index contributed by atoms with van der Waals surface area (Å²) in [7, 11) is -0.875. The number of hydrogen-bond acceptors (Lipinski definition) is 5. The Morgan fingerprint density at radius 2 is 2.35 bits per heavy atom. The maximum atomic E-state index is 11.8. The van der Waals surface area contributed by atoms with Crippen molar-refractivity contribution in [2.45, 2.75) is 54.1 Å². The van der Waals surface area contributed by atoms with Crippen LogP contribution in [0.15, 0.2) is 17.0 Å². The van der Waals surface area contributed by atoms with Crippen LogP contribution in [0.4, 0.5) is 0 Å². The van der Waals surface area contributed by atoms with E-state index in [0.29, 0.717) is 11.8 Å². The van der Waals surface area contributed by atoms with Crippen LogP contribution in [0.1, 0.15) is 48.0 Å². The van der Waals surface area contributed by atoms with E-state index in [1.807, 2.05) is 12.1 Å². The van der Waals surface area contributed by atoms with E-state index in [1.165, 1.54) is 6.42 Å². The van der Waals surface area contributed by atoms with Gasteiger partial charge in [-0.1, -0.05) is 13.0 Å². The molecular weight excluding hydrogens is 313 g/mol. The second kappa shape index (κ2) is 5.72. The quantitative estimate of drug-likeness (QED) is 0.580. The van der Waals surface area contributed by atoms with Crippen molar-refractivity contribution in [1.29, 1.82) is 0 Å². The first-order valence-corrected chi connectivity index (χ1v) is 9.09. The van der Waals surface area contributed by atoms with Crippen LogP contribution >= 0.6 is 11.8 Å². The summed E-state index contributed by atoms with van der Waals surface area (Å²) in [6.07, 6.45) is 3.17. The van der Waals surface area contributed by atoms with Gasteiger partial charge in [-0.15, -0.1) is 11.8 Å². The van der Waals surface area contributed by atoms with E-state index in [0.717, 1.165) is 29.8 Å². The van der Waals surface area contributed by atoms with E-state index in [4.69, 9.17) is 4.65 Å². The van der Waals surface area contributed by atoms with Crippen LogP contribution in [-0.2, 0) is 0 Å². The van der Waals surface area contributed by atoms with Crippen LogP contribution in [0.25, 0.3) is 0 Å². The fraction of sp³-hybridized carbons (Fsp3) is 0.562. The van der Waals surface area contributed by atoms with Crippen LogP contribution in [0, 0.1) is 0 Å². The first kappa shape index (κ1) is 15.4. The molecule has 0 aromatic heterocycles. The molecule has 5 nitrogen and oxygen atoms in total. The highest BCUT2D eigenvalue weighted by molar-refractivity contribution is 8.00. The van der Waals surface area contributed by atoms with Gasteiger partial charge in [0.2, 0.25) is 0 Å². The highest BCUT2D eigenvalue weighted by Gasteiger charge is 2.54. The number of carbonyl (C=O) groups is 1. The lowest BCUT2D eigenvalue weighted by Crippen LogP contribution is -2.31. The summed E-state index contributed by atoms with van der Waals surface area (Å²) in [6.45, 7) is 3.16. The third-order valence-corrected chi connectivity index (χ3v) is 6.48. The number of fused-ring (bicyclic) bond motifs is 3. The van der Waals surface area contributed by atoms with Gasteiger partial charge in [0.15, 0.2) is 0 Å². The van der Waals surface area contributed by atoms with Crippen molar-refractivity contribution in [2.75, 3.05) is 6.54 Å². The lowest BCUT2D eigenvalue weighted by Gasteiger charge is -2.24. The van der Waals surface area contributed by atoms with Crippen LogP contribution in [0.2, 0.25) is 5.82 Å². The summed E-state index contributed by atoms with van der Waals surface area (Å²) in [5.74, 6) is -0.230. The second-order valence-electron chi connectivity index (χ2n) is 6.70. The Labute approximate surface area is 139 Å². The minimum Gasteiger partial charge on any atom is -0.535 e. The van der Waals surface area contributed by atoms with Gasteiger partial charge in [-0.3, -0.25) is 0 Å². The van der Waals surface area contributed by atoms with Gasteiger partial charge in [-0.2, -0.15) is 0 Å². The Balaban J connectivity index is 1.67. The standard InChI is InChI=1S/C16H20BNO4S/c1-8(12-3-2-6-18-12)23-13-5-4-9-10-7-11(10)17(21)22-15(9)14(13)16(19)20/h4-5,8,10-12,18,21H,2-3,6-7H2,1H3,(H,19,20). The van der Waals surface area contributed by atoms with Crippen molar-refractivity contribution in [3.8, 4) is 5.75 Å². The molecule has 3 N–H and O–H groups in total. The Bertz CT molecular complexity index is 649. The van der Waals surface area contributed by atoms with Crippen molar-refractivity contribution >= 4 is 24.8 Å². The van der Waals surface area contributed by atoms with Crippen LogP contribution in [0.5, 0.6) is 5.75 Å². The average molecular weight is 333 g/mol. The second-order valence-corrected chi connectivity index (χ2v) is 8.12. The molecule has 4 atom stereocenters. The zero-order valence-electron chi connectivity index (χ0n) is 13.0. The summed E-state index contributed by atoms with van der Waals surface area (Å²) in [6, 6.07) is 4.31. The van der Waals surface area contributed by atoms with Gasteiger partial charge in [0.25, 0.3) is 0 Å². The summed E-state index contributed by atoms with van der Waals surface area (Å²) in [4.78, 5) is 12.6. The Kier molecular flexibility index (Phi) is 3.82. The number of nitrogens with one attached hydrogen (secondary N) is 1. The Morgan fingerprint density at radius 1 is 1.52 bits per heavy atom. The normalized spacial score (nSPS) is 29.5. The fourth-order valence-corrected chi connectivity index (χ4v) is 5.03. The molecule has 1 aliphatic carbocycles. The summed E-state index contributed by atoms with van der Waals surface area (Å²) >= 11 is 1.58. The van der Waals surface area contributed by atoms with E-state index >= 15 is 0 Å². The predicted molar refractivity (Wildman–Crippen MR) is 89.5 cm³/mol. The maximum absolute atomic E-state index is 11.8. The zero-order valence-corrected chi connectivity index (χ0v) is 13.8. The Morgan fingerprint density at radius 3 is 3.04 bits per heavy atom. The molecule has 0 spiro atoms. The third kappa shape index (κ3) is 2.64. The topological polar surface area (TPSA) is 78.8 Å². The molecule has 1 saturated carbocycles. The molecule has 3 aliphatic rings. The summed E-state index contributed by atoms with van der Waals surface area (Å²) in [5.41, 5.74) is 1.15. The number of benzene rings is 1. The highest BCUT2D eigenvalue weighted by atomic mass is 32.2. The molecule has 7 heteroatoms. The molecule has 0 amide bonds. The molecule has 4 unspecified atom stereocenters. The van der Waals surface area contributed by atoms with Crippen LogP contribution in [-0.4, -0.2) is 41.1 Å². The molecule has 2 aliphatic heterocycles. The van der Waals surface area contributed by atoms with Gasteiger partial charge in [-0.25, -0.2) is 4.79 Å². The van der Waals surface area contributed by atoms with Gasteiger partial charge in [-0.05, 0) is 43.4 Å². The zero-order chi connectivity index (χ0) is 16.1. The van der Waals surface area contributed by atoms with E-state index in [-0.39, 0.29) is 22.5 Å². The van der Waals surface area contributed by atoms with Gasteiger partial charge in [0.05, 0.1) is 0 Å². The lowest BCUT2D eigenvalue weighted by atomic mass is 9.77. The number of rotatable bonds is 4. The largest absolute Gasteiger partial charge is 0.535 e. The Hall–Kier alpha value is -1.18.